The Morgan fingerprint density at radius 1 is 1.09 bits per heavy atom. The quantitative estimate of drug-likeness (QED) is 0.455. The van der Waals surface area contributed by atoms with Gasteiger partial charge in [0.05, 0.1) is 0 Å². The van der Waals surface area contributed by atoms with E-state index in [4.69, 9.17) is 0 Å². The summed E-state index contributed by atoms with van der Waals surface area (Å²) in [4.78, 5) is 29.4. The maximum atomic E-state index is 12.4. The van der Waals surface area contributed by atoms with E-state index >= 15 is 0 Å². The number of ketones is 2. The zero-order valence-corrected chi connectivity index (χ0v) is 14.9. The number of hydrogen-bond donors (Lipinski definition) is 0. The van der Waals surface area contributed by atoms with Crippen molar-refractivity contribution in [1.29, 1.82) is 0 Å². The lowest BCUT2D eigenvalue weighted by atomic mass is 9.69. The molecule has 1 saturated carbocycles. The fourth-order valence-electron chi connectivity index (χ4n) is 3.26. The van der Waals surface area contributed by atoms with Gasteiger partial charge in [0.1, 0.15) is 17.5 Å². The van der Waals surface area contributed by atoms with Crippen LogP contribution >= 0.6 is 0 Å². The molecule has 1 rings (SSSR count). The van der Waals surface area contributed by atoms with Crippen molar-refractivity contribution >= 4 is 17.3 Å². The van der Waals surface area contributed by atoms with Crippen molar-refractivity contribution in [3.05, 3.63) is 0 Å². The van der Waals surface area contributed by atoms with E-state index in [2.05, 4.69) is 25.8 Å². The monoisotopic (exact) mass is 307 g/mol. The second-order valence-electron chi connectivity index (χ2n) is 7.42. The summed E-state index contributed by atoms with van der Waals surface area (Å²) in [5.41, 5.74) is 0.802. The third-order valence-corrected chi connectivity index (χ3v) is 4.36. The molecule has 0 unspecified atom stereocenters. The van der Waals surface area contributed by atoms with Crippen LogP contribution in [-0.4, -0.2) is 23.8 Å². The van der Waals surface area contributed by atoms with Crippen molar-refractivity contribution in [1.82, 2.24) is 0 Å². The average molecular weight is 307 g/mol. The molecule has 0 aliphatic heterocycles. The lowest BCUT2D eigenvalue weighted by Gasteiger charge is -2.34. The fourth-order valence-corrected chi connectivity index (χ4v) is 3.26. The first-order chi connectivity index (χ1) is 10.4. The number of unbranched alkanes of at least 4 members (excludes halogenated alkanes) is 4. The number of carbonyl (C=O) groups is 2. The largest absolute Gasteiger partial charge is 0.298 e. The summed E-state index contributed by atoms with van der Waals surface area (Å²) < 4.78 is 0. The Balaban J connectivity index is 2.70. The van der Waals surface area contributed by atoms with E-state index in [0.717, 1.165) is 31.5 Å². The van der Waals surface area contributed by atoms with Crippen LogP contribution in [0.3, 0.4) is 0 Å². The van der Waals surface area contributed by atoms with Crippen molar-refractivity contribution in [2.24, 2.45) is 16.3 Å². The van der Waals surface area contributed by atoms with Gasteiger partial charge in [0.15, 0.2) is 0 Å². The molecule has 0 saturated heterocycles. The van der Waals surface area contributed by atoms with Crippen LogP contribution in [0.4, 0.5) is 0 Å². The molecule has 0 aromatic heterocycles. The zero-order valence-electron chi connectivity index (χ0n) is 14.9. The molecule has 0 spiro atoms. The normalized spacial score (nSPS) is 23.0. The predicted molar refractivity (Wildman–Crippen MR) is 92.5 cm³/mol. The van der Waals surface area contributed by atoms with Gasteiger partial charge in [0.2, 0.25) is 0 Å². The van der Waals surface area contributed by atoms with Crippen LogP contribution < -0.4 is 0 Å². The number of hydrogen-bond acceptors (Lipinski definition) is 3. The molecule has 1 aliphatic carbocycles. The molecule has 1 fully saturated rings. The minimum absolute atomic E-state index is 0.0544. The minimum atomic E-state index is -0.538. The highest BCUT2D eigenvalue weighted by Crippen LogP contribution is 2.35. The molecule has 1 atom stereocenters. The Bertz CT molecular complexity index is 410. The molecule has 0 amide bonds. The Morgan fingerprint density at radius 3 is 2.41 bits per heavy atom. The summed E-state index contributed by atoms with van der Waals surface area (Å²) in [6.07, 6.45) is 8.61. The maximum absolute atomic E-state index is 12.4. The third kappa shape index (κ3) is 6.02. The van der Waals surface area contributed by atoms with Gasteiger partial charge in [0, 0.05) is 25.1 Å². The van der Waals surface area contributed by atoms with Gasteiger partial charge in [-0.15, -0.1) is 0 Å². The van der Waals surface area contributed by atoms with Crippen LogP contribution in [0.2, 0.25) is 0 Å². The molecule has 1 aliphatic rings. The van der Waals surface area contributed by atoms with Gasteiger partial charge >= 0.3 is 0 Å². The first-order valence-electron chi connectivity index (χ1n) is 9.00. The van der Waals surface area contributed by atoms with Gasteiger partial charge in [-0.2, -0.15) is 0 Å². The van der Waals surface area contributed by atoms with E-state index < -0.39 is 5.92 Å². The van der Waals surface area contributed by atoms with Crippen molar-refractivity contribution in [3.63, 3.8) is 0 Å². The van der Waals surface area contributed by atoms with Crippen molar-refractivity contribution in [2.75, 3.05) is 6.54 Å². The van der Waals surface area contributed by atoms with E-state index in [9.17, 15) is 9.59 Å². The maximum Gasteiger partial charge on any atom is 0.149 e. The molecule has 0 aromatic rings. The van der Waals surface area contributed by atoms with E-state index in [-0.39, 0.29) is 17.0 Å². The standard InChI is InChI=1S/C19H33NO2/c1-5-7-8-9-10-12-20-15-13-19(3,4)14-17(22)18(15)16(21)11-6-2/h18H,5-14H2,1-4H3/t18-/m1/s1. The predicted octanol–water partition coefficient (Wildman–Crippen LogP) is 4.77. The molecule has 0 heterocycles. The topological polar surface area (TPSA) is 46.5 Å². The minimum Gasteiger partial charge on any atom is -0.298 e. The van der Waals surface area contributed by atoms with Crippen molar-refractivity contribution < 1.29 is 9.59 Å². The van der Waals surface area contributed by atoms with Crippen molar-refractivity contribution in [3.8, 4) is 0 Å². The fraction of sp³-hybridized carbons (Fsp3) is 0.842. The number of nitrogens with zero attached hydrogens (tertiary/aromatic N) is 1. The highest BCUT2D eigenvalue weighted by atomic mass is 16.2. The molecule has 0 aromatic carbocycles. The van der Waals surface area contributed by atoms with Gasteiger partial charge in [-0.05, 0) is 24.7 Å². The summed E-state index contributed by atoms with van der Waals surface area (Å²) in [7, 11) is 0. The average Bonchev–Trinajstić information content (AvgIpc) is 2.41. The van der Waals surface area contributed by atoms with Crippen LogP contribution in [0.15, 0.2) is 4.99 Å². The molecule has 0 bridgehead atoms. The lowest BCUT2D eigenvalue weighted by molar-refractivity contribution is -0.132. The molecule has 126 valence electrons. The number of rotatable bonds is 9. The Kier molecular flexibility index (Phi) is 7.98. The summed E-state index contributed by atoms with van der Waals surface area (Å²) >= 11 is 0. The van der Waals surface area contributed by atoms with Crippen LogP contribution in [0.25, 0.3) is 0 Å². The highest BCUT2D eigenvalue weighted by Gasteiger charge is 2.41. The zero-order chi connectivity index (χ0) is 16.6. The first kappa shape index (κ1) is 19.1. The third-order valence-electron chi connectivity index (χ3n) is 4.36. The molecule has 3 nitrogen and oxygen atoms in total. The summed E-state index contributed by atoms with van der Waals surface area (Å²) in [5, 5.41) is 0. The second-order valence-corrected chi connectivity index (χ2v) is 7.42. The van der Waals surface area contributed by atoms with Crippen LogP contribution in [0.1, 0.15) is 85.5 Å². The highest BCUT2D eigenvalue weighted by molar-refractivity contribution is 6.22. The van der Waals surface area contributed by atoms with Gasteiger partial charge in [-0.1, -0.05) is 53.4 Å². The summed E-state index contributed by atoms with van der Waals surface area (Å²) in [6.45, 7) is 9.16. The Labute approximate surface area is 136 Å². The van der Waals surface area contributed by atoms with Crippen LogP contribution in [-0.2, 0) is 9.59 Å². The molecule has 0 N–H and O–H groups in total. The van der Waals surface area contributed by atoms with Gasteiger partial charge < -0.3 is 0 Å². The van der Waals surface area contributed by atoms with Crippen molar-refractivity contribution in [2.45, 2.75) is 85.5 Å². The molecule has 3 heteroatoms. The molecular weight excluding hydrogens is 274 g/mol. The molecule has 22 heavy (non-hydrogen) atoms. The van der Waals surface area contributed by atoms with Crippen LogP contribution in [0.5, 0.6) is 0 Å². The van der Waals surface area contributed by atoms with Gasteiger partial charge in [-0.25, -0.2) is 0 Å². The van der Waals surface area contributed by atoms with Gasteiger partial charge in [0.25, 0.3) is 0 Å². The van der Waals surface area contributed by atoms with Crippen LogP contribution in [0, 0.1) is 11.3 Å². The second kappa shape index (κ2) is 9.22. The molecular formula is C19H33NO2. The van der Waals surface area contributed by atoms with E-state index in [1.54, 1.807) is 0 Å². The Morgan fingerprint density at radius 2 is 1.77 bits per heavy atom. The van der Waals surface area contributed by atoms with E-state index in [1.807, 2.05) is 6.92 Å². The van der Waals surface area contributed by atoms with E-state index in [1.165, 1.54) is 25.7 Å². The van der Waals surface area contributed by atoms with Gasteiger partial charge in [-0.3, -0.25) is 14.6 Å². The lowest BCUT2D eigenvalue weighted by Crippen LogP contribution is -2.42. The molecule has 0 radical (unpaired) electrons. The number of carbonyl (C=O) groups excluding carboxylic acids is 2. The SMILES string of the molecule is CCCCCCCN=C1CC(C)(C)CC(=O)[C@H]1C(=O)CCC. The number of Topliss-reactive ketones (excluding diaryl/α,β-unsaturated/α-hetero) is 2. The Hall–Kier alpha value is -0.990. The smallest absolute Gasteiger partial charge is 0.149 e. The summed E-state index contributed by atoms with van der Waals surface area (Å²) in [5.74, 6) is -0.379. The summed E-state index contributed by atoms with van der Waals surface area (Å²) in [6, 6.07) is 0. The first-order valence-corrected chi connectivity index (χ1v) is 9.00. The van der Waals surface area contributed by atoms with E-state index in [0.29, 0.717) is 12.8 Å². The number of aliphatic imine (C=N–C) groups is 1.